The minimum Gasteiger partial charge on any atom is -0.479 e. The maximum Gasteiger partial charge on any atom is 0.573 e. The molecule has 0 spiro atoms. The van der Waals surface area contributed by atoms with Crippen LogP contribution in [0.4, 0.5) is 32.0 Å². The monoisotopic (exact) mass is 653 g/mol. The zero-order chi connectivity index (χ0) is 33.2. The highest BCUT2D eigenvalue weighted by atomic mass is 32.2. The van der Waals surface area contributed by atoms with E-state index in [-0.39, 0.29) is 40.1 Å². The van der Waals surface area contributed by atoms with Crippen molar-refractivity contribution in [2.75, 3.05) is 18.2 Å². The van der Waals surface area contributed by atoms with E-state index in [1.807, 2.05) is 0 Å². The zero-order valence-corrected chi connectivity index (χ0v) is 24.6. The van der Waals surface area contributed by atoms with Gasteiger partial charge in [-0.25, -0.2) is 13.4 Å². The summed E-state index contributed by atoms with van der Waals surface area (Å²) in [5, 5.41) is 10.2. The quantitative estimate of drug-likeness (QED) is 0.101. The van der Waals surface area contributed by atoms with Crippen molar-refractivity contribution < 1.29 is 48.7 Å². The fraction of sp³-hybridized carbons (Fsp3) is 0.200. The highest BCUT2D eigenvalue weighted by molar-refractivity contribution is 7.90. The van der Waals surface area contributed by atoms with Crippen molar-refractivity contribution in [1.29, 1.82) is 5.41 Å². The van der Waals surface area contributed by atoms with Crippen LogP contribution in [0.3, 0.4) is 0 Å². The van der Waals surface area contributed by atoms with Gasteiger partial charge in [0.25, 0.3) is 0 Å². The van der Waals surface area contributed by atoms with Crippen molar-refractivity contribution in [1.82, 2.24) is 4.98 Å². The number of hydrogen-bond acceptors (Lipinski definition) is 8. The second-order valence-electron chi connectivity index (χ2n) is 9.52. The third-order valence-corrected chi connectivity index (χ3v) is 7.20. The lowest BCUT2D eigenvalue weighted by atomic mass is 9.98. The van der Waals surface area contributed by atoms with Crippen LogP contribution in [0.25, 0.3) is 33.7 Å². The first-order chi connectivity index (χ1) is 20.9. The molecule has 8 nitrogen and oxygen atoms in total. The lowest BCUT2D eigenvalue weighted by molar-refractivity contribution is -0.274. The third kappa shape index (κ3) is 8.44. The molecule has 1 heterocycles. The molecule has 0 bridgehead atoms. The molecule has 0 amide bonds. The number of halogens is 6. The number of alkyl halides is 6. The molecule has 0 radical (unpaired) electrons. The molecule has 0 saturated carbocycles. The van der Waals surface area contributed by atoms with Crippen molar-refractivity contribution >= 4 is 21.2 Å². The Kier molecular flexibility index (Phi) is 9.32. The third-order valence-electron chi connectivity index (χ3n) is 6.09. The number of ether oxygens (including phenoxy) is 2. The number of aromatic nitrogens is 1. The van der Waals surface area contributed by atoms with Crippen LogP contribution in [-0.2, 0) is 14.6 Å². The Morgan fingerprint density at radius 2 is 1.62 bits per heavy atom. The summed E-state index contributed by atoms with van der Waals surface area (Å²) in [4.78, 5) is 4.50. The Bertz CT molecular complexity index is 1850. The van der Waals surface area contributed by atoms with E-state index < -0.39 is 39.7 Å². The molecule has 0 unspecified atom stereocenters. The van der Waals surface area contributed by atoms with Gasteiger partial charge in [0.2, 0.25) is 0 Å². The Hall–Kier alpha value is -4.79. The number of oxazole rings is 1. The second kappa shape index (κ2) is 12.7. The van der Waals surface area contributed by atoms with Crippen LogP contribution in [-0.4, -0.2) is 44.5 Å². The number of nitrogens with zero attached hydrogens (tertiary/aromatic N) is 1. The minimum absolute atomic E-state index is 0.0453. The van der Waals surface area contributed by atoms with E-state index in [2.05, 4.69) is 15.0 Å². The molecular formula is C30H25F6N3O5S. The van der Waals surface area contributed by atoms with Gasteiger partial charge in [0.05, 0.1) is 17.2 Å². The summed E-state index contributed by atoms with van der Waals surface area (Å²) in [6, 6.07) is 15.5. The number of hydrogen-bond donors (Lipinski definition) is 2. The van der Waals surface area contributed by atoms with Gasteiger partial charge in [-0.1, -0.05) is 18.2 Å². The molecule has 4 aromatic rings. The van der Waals surface area contributed by atoms with Gasteiger partial charge in [-0.2, -0.15) is 13.2 Å². The molecule has 0 saturated heterocycles. The van der Waals surface area contributed by atoms with E-state index in [1.54, 1.807) is 24.3 Å². The van der Waals surface area contributed by atoms with Crippen molar-refractivity contribution in [3.63, 3.8) is 0 Å². The highest BCUT2D eigenvalue weighted by Crippen LogP contribution is 2.40. The average molecular weight is 654 g/mol. The SMILES string of the molecule is CCO/C(=C/C(=N)C(F)(F)F)Nc1ccc(-c2cccc(S(C)(=O)=O)c2)cc1-c1nc(C)oc1-c1ccc(OC(F)(F)F)cc1. The molecular weight excluding hydrogens is 628 g/mol. The number of nitrogens with one attached hydrogen (secondary N) is 2. The van der Waals surface area contributed by atoms with Gasteiger partial charge in [-0.15, -0.1) is 13.2 Å². The van der Waals surface area contributed by atoms with E-state index in [4.69, 9.17) is 14.6 Å². The maximum absolute atomic E-state index is 13.2. The van der Waals surface area contributed by atoms with Gasteiger partial charge in [-0.05, 0) is 66.6 Å². The van der Waals surface area contributed by atoms with Crippen molar-refractivity contribution in [3.8, 4) is 39.5 Å². The van der Waals surface area contributed by atoms with Crippen molar-refractivity contribution in [2.24, 2.45) is 0 Å². The number of aryl methyl sites for hydroxylation is 1. The van der Waals surface area contributed by atoms with Gasteiger partial charge >= 0.3 is 12.5 Å². The second-order valence-corrected chi connectivity index (χ2v) is 11.5. The largest absolute Gasteiger partial charge is 0.573 e. The number of anilines is 1. The first kappa shape index (κ1) is 33.1. The van der Waals surface area contributed by atoms with Crippen LogP contribution in [0.2, 0.25) is 0 Å². The summed E-state index contributed by atoms with van der Waals surface area (Å²) in [5.41, 5.74) is 0.181. The lowest BCUT2D eigenvalue weighted by Crippen LogP contribution is -2.21. The Labute approximate surface area is 253 Å². The van der Waals surface area contributed by atoms with E-state index in [1.165, 1.54) is 44.2 Å². The predicted molar refractivity (Wildman–Crippen MR) is 154 cm³/mol. The highest BCUT2D eigenvalue weighted by Gasteiger charge is 2.34. The Morgan fingerprint density at radius 3 is 2.22 bits per heavy atom. The number of benzene rings is 3. The summed E-state index contributed by atoms with van der Waals surface area (Å²) in [5.74, 6) is -0.604. The Morgan fingerprint density at radius 1 is 0.978 bits per heavy atom. The van der Waals surface area contributed by atoms with E-state index in [0.717, 1.165) is 18.4 Å². The normalized spacial score (nSPS) is 12.6. The molecule has 3 aromatic carbocycles. The van der Waals surface area contributed by atoms with Gasteiger partial charge < -0.3 is 19.2 Å². The molecule has 0 atom stereocenters. The topological polar surface area (TPSA) is 115 Å². The summed E-state index contributed by atoms with van der Waals surface area (Å²) >= 11 is 0. The summed E-state index contributed by atoms with van der Waals surface area (Å²) in [6.45, 7) is 3.02. The number of rotatable bonds is 10. The Balaban J connectivity index is 1.89. The smallest absolute Gasteiger partial charge is 0.479 e. The fourth-order valence-electron chi connectivity index (χ4n) is 4.16. The standard InChI is InChI=1S/C30H25F6N3O5S/c1-4-42-26(16-25(37)29(31,32)33)39-24-13-10-20(19-6-5-7-22(14-19)45(3,40)41)15-23(24)27-28(43-17(2)38-27)18-8-11-21(12-9-18)44-30(34,35)36/h5-16,37,39H,4H2,1-3H3/b26-16+,37-25?. The minimum atomic E-state index is -4.94. The molecule has 0 aliphatic carbocycles. The zero-order valence-electron chi connectivity index (χ0n) is 23.8. The van der Waals surface area contributed by atoms with Gasteiger partial charge in [-0.3, -0.25) is 5.41 Å². The predicted octanol–water partition coefficient (Wildman–Crippen LogP) is 8.16. The van der Waals surface area contributed by atoms with Crippen LogP contribution in [0, 0.1) is 12.3 Å². The maximum atomic E-state index is 13.2. The number of allylic oxidation sites excluding steroid dienone is 1. The van der Waals surface area contributed by atoms with Crippen LogP contribution in [0.5, 0.6) is 5.75 Å². The van der Waals surface area contributed by atoms with Crippen LogP contribution in [0.1, 0.15) is 12.8 Å². The van der Waals surface area contributed by atoms with Crippen molar-refractivity contribution in [3.05, 3.63) is 84.6 Å². The van der Waals surface area contributed by atoms with E-state index >= 15 is 0 Å². The summed E-state index contributed by atoms with van der Waals surface area (Å²) in [7, 11) is -3.56. The van der Waals surface area contributed by atoms with E-state index in [9.17, 15) is 34.8 Å². The van der Waals surface area contributed by atoms with Gasteiger partial charge in [0.15, 0.2) is 27.4 Å². The van der Waals surface area contributed by atoms with E-state index in [0.29, 0.717) is 22.8 Å². The molecule has 4 rings (SSSR count). The molecule has 238 valence electrons. The molecule has 1 aromatic heterocycles. The van der Waals surface area contributed by atoms with Crippen LogP contribution >= 0.6 is 0 Å². The molecule has 2 N–H and O–H groups in total. The van der Waals surface area contributed by atoms with Gasteiger partial charge in [0, 0.05) is 30.4 Å². The molecule has 15 heteroatoms. The van der Waals surface area contributed by atoms with Crippen LogP contribution in [0.15, 0.2) is 88.0 Å². The summed E-state index contributed by atoms with van der Waals surface area (Å²) < 4.78 is 117. The van der Waals surface area contributed by atoms with Crippen LogP contribution < -0.4 is 10.1 Å². The lowest BCUT2D eigenvalue weighted by Gasteiger charge is -2.17. The average Bonchev–Trinajstić information content (AvgIpc) is 3.33. The van der Waals surface area contributed by atoms with Crippen molar-refractivity contribution in [2.45, 2.75) is 31.3 Å². The summed E-state index contributed by atoms with van der Waals surface area (Å²) in [6.07, 6.45) is -8.32. The molecule has 0 fully saturated rings. The first-order valence-electron chi connectivity index (χ1n) is 13.0. The first-order valence-corrected chi connectivity index (χ1v) is 14.9. The molecule has 45 heavy (non-hydrogen) atoms. The number of sulfone groups is 1. The molecule has 0 aliphatic heterocycles. The molecule has 0 aliphatic rings. The van der Waals surface area contributed by atoms with Gasteiger partial charge in [0.1, 0.15) is 17.2 Å². The fourth-order valence-corrected chi connectivity index (χ4v) is 4.83.